The van der Waals surface area contributed by atoms with Crippen molar-refractivity contribution in [2.45, 2.75) is 39.8 Å². The van der Waals surface area contributed by atoms with Crippen molar-refractivity contribution in [2.24, 2.45) is 0 Å². The van der Waals surface area contributed by atoms with Crippen molar-refractivity contribution in [1.29, 1.82) is 0 Å². The van der Waals surface area contributed by atoms with Crippen LogP contribution in [-0.2, 0) is 9.53 Å². The number of urea groups is 1. The first-order chi connectivity index (χ1) is 13.2. The van der Waals surface area contributed by atoms with Crippen molar-refractivity contribution in [2.75, 3.05) is 0 Å². The van der Waals surface area contributed by atoms with Gasteiger partial charge >= 0.3 is 12.0 Å². The third kappa shape index (κ3) is 5.54. The lowest BCUT2D eigenvalue weighted by molar-refractivity contribution is -0.128. The molecule has 0 bridgehead atoms. The van der Waals surface area contributed by atoms with E-state index in [1.54, 1.807) is 44.2 Å². The van der Waals surface area contributed by atoms with Crippen LogP contribution in [0.5, 0.6) is 0 Å². The highest BCUT2D eigenvalue weighted by Crippen LogP contribution is 2.23. The minimum Gasteiger partial charge on any atom is -0.449 e. The summed E-state index contributed by atoms with van der Waals surface area (Å²) in [5.74, 6) is -1.31. The smallest absolute Gasteiger partial charge is 0.375 e. The van der Waals surface area contributed by atoms with Crippen molar-refractivity contribution >= 4 is 23.7 Å². The van der Waals surface area contributed by atoms with Gasteiger partial charge in [-0.2, -0.15) is 0 Å². The van der Waals surface area contributed by atoms with Crippen LogP contribution in [0.25, 0.3) is 11.3 Å². The first-order valence-electron chi connectivity index (χ1n) is 8.71. The zero-order valence-electron chi connectivity index (χ0n) is 16.1. The monoisotopic (exact) mass is 386 g/mol. The van der Waals surface area contributed by atoms with Crippen LogP contribution in [0.1, 0.15) is 48.6 Å². The molecular weight excluding hydrogens is 364 g/mol. The number of hydrogen-bond acceptors (Lipinski definition) is 6. The number of esters is 1. The third-order valence-corrected chi connectivity index (χ3v) is 3.69. The molecule has 1 atom stereocenters. The van der Waals surface area contributed by atoms with Crippen molar-refractivity contribution in [1.82, 2.24) is 10.6 Å². The molecule has 148 valence electrons. The van der Waals surface area contributed by atoms with Crippen LogP contribution < -0.4 is 10.6 Å². The van der Waals surface area contributed by atoms with Crippen LogP contribution in [0, 0.1) is 0 Å². The van der Waals surface area contributed by atoms with E-state index in [4.69, 9.17) is 9.15 Å². The lowest BCUT2D eigenvalue weighted by Crippen LogP contribution is -2.46. The molecule has 2 rings (SSSR count). The SMILES string of the molecule is CC(=O)c1ccc(-c2ccc(C(=O)O[C@@H](C)C(=O)NC(=O)NC(C)C)o2)cc1. The van der Waals surface area contributed by atoms with Gasteiger partial charge in [-0.3, -0.25) is 14.9 Å². The molecule has 0 spiro atoms. The van der Waals surface area contributed by atoms with Gasteiger partial charge in [0.2, 0.25) is 5.76 Å². The summed E-state index contributed by atoms with van der Waals surface area (Å²) in [6.45, 7) is 6.31. The Morgan fingerprint density at radius 1 is 0.964 bits per heavy atom. The Labute approximate surface area is 162 Å². The van der Waals surface area contributed by atoms with Crippen molar-refractivity contribution < 1.29 is 28.3 Å². The molecule has 1 aromatic heterocycles. The lowest BCUT2D eigenvalue weighted by Gasteiger charge is -2.13. The number of amides is 3. The van der Waals surface area contributed by atoms with Crippen molar-refractivity contribution in [3.05, 3.63) is 47.7 Å². The fraction of sp³-hybridized carbons (Fsp3) is 0.300. The lowest BCUT2D eigenvalue weighted by atomic mass is 10.1. The molecule has 0 saturated heterocycles. The fourth-order valence-corrected chi connectivity index (χ4v) is 2.26. The predicted octanol–water partition coefficient (Wildman–Crippen LogP) is 2.93. The third-order valence-electron chi connectivity index (χ3n) is 3.69. The maximum atomic E-state index is 12.2. The van der Waals surface area contributed by atoms with E-state index in [1.165, 1.54) is 19.9 Å². The summed E-state index contributed by atoms with van der Waals surface area (Å²) in [7, 11) is 0. The highest BCUT2D eigenvalue weighted by molar-refractivity contribution is 5.98. The second kappa shape index (κ2) is 8.98. The van der Waals surface area contributed by atoms with E-state index in [1.807, 2.05) is 0 Å². The van der Waals surface area contributed by atoms with E-state index in [9.17, 15) is 19.2 Å². The van der Waals surface area contributed by atoms with Crippen LogP contribution >= 0.6 is 0 Å². The predicted molar refractivity (Wildman–Crippen MR) is 101 cm³/mol. The highest BCUT2D eigenvalue weighted by atomic mass is 16.6. The van der Waals surface area contributed by atoms with Gasteiger partial charge in [0, 0.05) is 17.2 Å². The van der Waals surface area contributed by atoms with E-state index in [0.29, 0.717) is 16.9 Å². The summed E-state index contributed by atoms with van der Waals surface area (Å²) in [6, 6.07) is 8.92. The second-order valence-corrected chi connectivity index (χ2v) is 6.46. The first kappa shape index (κ1) is 20.9. The average molecular weight is 386 g/mol. The van der Waals surface area contributed by atoms with Gasteiger partial charge in [-0.1, -0.05) is 24.3 Å². The number of Topliss-reactive ketones (excluding diaryl/α,β-unsaturated/α-hetero) is 1. The Balaban J connectivity index is 1.98. The van der Waals surface area contributed by atoms with Gasteiger partial charge in [0.15, 0.2) is 11.9 Å². The van der Waals surface area contributed by atoms with Crippen LogP contribution in [0.15, 0.2) is 40.8 Å². The molecule has 0 aliphatic heterocycles. The van der Waals surface area contributed by atoms with Crippen LogP contribution in [0.3, 0.4) is 0 Å². The van der Waals surface area contributed by atoms with Crippen LogP contribution in [0.4, 0.5) is 4.79 Å². The Morgan fingerprint density at radius 2 is 1.61 bits per heavy atom. The van der Waals surface area contributed by atoms with E-state index in [-0.39, 0.29) is 17.6 Å². The van der Waals surface area contributed by atoms with Gasteiger partial charge in [-0.05, 0) is 39.8 Å². The summed E-state index contributed by atoms with van der Waals surface area (Å²) < 4.78 is 10.5. The number of furan rings is 1. The molecule has 28 heavy (non-hydrogen) atoms. The van der Waals surface area contributed by atoms with E-state index in [2.05, 4.69) is 10.6 Å². The van der Waals surface area contributed by atoms with Crippen molar-refractivity contribution in [3.63, 3.8) is 0 Å². The molecule has 2 N–H and O–H groups in total. The molecule has 1 aromatic carbocycles. The quantitative estimate of drug-likeness (QED) is 0.583. The molecule has 2 aromatic rings. The maximum absolute atomic E-state index is 12.2. The van der Waals surface area contributed by atoms with Gasteiger partial charge in [0.25, 0.3) is 5.91 Å². The Hall–Kier alpha value is -3.42. The molecule has 8 nitrogen and oxygen atoms in total. The molecule has 1 heterocycles. The Kier molecular flexibility index (Phi) is 6.70. The second-order valence-electron chi connectivity index (χ2n) is 6.46. The summed E-state index contributed by atoms with van der Waals surface area (Å²) in [4.78, 5) is 46.9. The molecule has 0 aliphatic rings. The number of rotatable bonds is 6. The standard InChI is InChI=1S/C20H22N2O6/c1-11(2)21-20(26)22-18(24)13(4)27-19(25)17-10-9-16(28-17)15-7-5-14(6-8-15)12(3)23/h5-11,13H,1-4H3,(H2,21,22,24,26)/t13-/m0/s1. The fourth-order valence-electron chi connectivity index (χ4n) is 2.26. The number of nitrogens with one attached hydrogen (secondary N) is 2. The summed E-state index contributed by atoms with van der Waals surface area (Å²) in [6.07, 6.45) is -1.19. The minimum absolute atomic E-state index is 0.0513. The number of ketones is 1. The largest absolute Gasteiger partial charge is 0.449 e. The molecular formula is C20H22N2O6. The van der Waals surface area contributed by atoms with Crippen LogP contribution in [0.2, 0.25) is 0 Å². The van der Waals surface area contributed by atoms with Crippen molar-refractivity contribution in [3.8, 4) is 11.3 Å². The van der Waals surface area contributed by atoms with Gasteiger partial charge in [0.1, 0.15) is 5.76 Å². The summed E-state index contributed by atoms with van der Waals surface area (Å²) in [5, 5.41) is 4.58. The Morgan fingerprint density at radius 3 is 2.18 bits per heavy atom. The molecule has 0 radical (unpaired) electrons. The Bertz CT molecular complexity index is 882. The van der Waals surface area contributed by atoms with Gasteiger partial charge in [0.05, 0.1) is 0 Å². The number of ether oxygens (including phenoxy) is 1. The molecule has 0 saturated carbocycles. The zero-order valence-corrected chi connectivity index (χ0v) is 16.1. The van der Waals surface area contributed by atoms with Gasteiger partial charge < -0.3 is 14.5 Å². The number of carbonyl (C=O) groups is 4. The topological polar surface area (TPSA) is 115 Å². The highest BCUT2D eigenvalue weighted by Gasteiger charge is 2.23. The number of benzene rings is 1. The zero-order chi connectivity index (χ0) is 20.8. The molecule has 0 aliphatic carbocycles. The van der Waals surface area contributed by atoms with Gasteiger partial charge in [-0.25, -0.2) is 9.59 Å². The molecule has 0 fully saturated rings. The number of imide groups is 1. The van der Waals surface area contributed by atoms with E-state index < -0.39 is 24.0 Å². The van der Waals surface area contributed by atoms with Gasteiger partial charge in [-0.15, -0.1) is 0 Å². The summed E-state index contributed by atoms with van der Waals surface area (Å²) in [5.41, 5.74) is 1.25. The average Bonchev–Trinajstić information content (AvgIpc) is 3.11. The normalized spacial score (nSPS) is 11.6. The molecule has 3 amide bonds. The van der Waals surface area contributed by atoms with E-state index in [0.717, 1.165) is 0 Å². The maximum Gasteiger partial charge on any atom is 0.375 e. The number of carbonyl (C=O) groups excluding carboxylic acids is 4. The van der Waals surface area contributed by atoms with Crippen LogP contribution in [-0.4, -0.2) is 35.8 Å². The molecule has 8 heteroatoms. The number of hydrogen-bond donors (Lipinski definition) is 2. The minimum atomic E-state index is -1.19. The summed E-state index contributed by atoms with van der Waals surface area (Å²) >= 11 is 0. The first-order valence-corrected chi connectivity index (χ1v) is 8.71. The van der Waals surface area contributed by atoms with E-state index >= 15 is 0 Å². The molecule has 0 unspecified atom stereocenters.